The Morgan fingerprint density at radius 1 is 1.30 bits per heavy atom. The molecule has 0 aromatic heterocycles. The van der Waals surface area contributed by atoms with E-state index in [9.17, 15) is 9.59 Å². The fourth-order valence-electron chi connectivity index (χ4n) is 1.83. The van der Waals surface area contributed by atoms with Crippen LogP contribution >= 0.6 is 15.9 Å². The van der Waals surface area contributed by atoms with Crippen molar-refractivity contribution in [2.75, 3.05) is 5.33 Å². The summed E-state index contributed by atoms with van der Waals surface area (Å²) in [4.78, 5) is 23.1. The summed E-state index contributed by atoms with van der Waals surface area (Å²) in [6.45, 7) is 2.25. The van der Waals surface area contributed by atoms with Crippen molar-refractivity contribution < 1.29 is 14.3 Å². The van der Waals surface area contributed by atoms with Crippen LogP contribution in [0.5, 0.6) is 0 Å². The average Bonchev–Trinajstić information content (AvgIpc) is 2.46. The van der Waals surface area contributed by atoms with Crippen LogP contribution in [0.2, 0.25) is 0 Å². The second kappa shape index (κ2) is 9.53. The monoisotopic (exact) mass is 341 g/mol. The Morgan fingerprint density at radius 2 is 2.00 bits per heavy atom. The molecule has 110 valence electrons. The number of Topliss-reactive ketones (excluding diaryl/α,β-unsaturated/α-hetero) is 1. The highest BCUT2D eigenvalue weighted by Gasteiger charge is 2.15. The highest BCUT2D eigenvalue weighted by Crippen LogP contribution is 2.06. The first-order valence-electron chi connectivity index (χ1n) is 6.70. The van der Waals surface area contributed by atoms with Crippen LogP contribution < -0.4 is 5.32 Å². The molecule has 1 unspecified atom stereocenters. The summed E-state index contributed by atoms with van der Waals surface area (Å²) in [7, 11) is 0. The first kappa shape index (κ1) is 16.7. The number of halogens is 1. The summed E-state index contributed by atoms with van der Waals surface area (Å²) in [6.07, 6.45) is 1.52. The van der Waals surface area contributed by atoms with E-state index in [0.29, 0.717) is 11.8 Å². The Morgan fingerprint density at radius 3 is 2.60 bits per heavy atom. The summed E-state index contributed by atoms with van der Waals surface area (Å²) < 4.78 is 5.15. The van der Waals surface area contributed by atoms with Crippen molar-refractivity contribution in [3.63, 3.8) is 0 Å². The zero-order valence-electron chi connectivity index (χ0n) is 11.6. The number of nitrogens with one attached hydrogen (secondary N) is 1. The number of alkyl carbamates (subject to hydrolysis) is 1. The molecule has 1 rings (SSSR count). The molecule has 5 heteroatoms. The van der Waals surface area contributed by atoms with Crippen molar-refractivity contribution in [2.45, 2.75) is 38.8 Å². The number of benzene rings is 1. The average molecular weight is 342 g/mol. The molecule has 0 fully saturated rings. The second-order valence-corrected chi connectivity index (χ2v) is 5.13. The summed E-state index contributed by atoms with van der Waals surface area (Å²) in [5.41, 5.74) is 0.936. The molecule has 0 radical (unpaired) electrons. The van der Waals surface area contributed by atoms with Gasteiger partial charge < -0.3 is 10.1 Å². The lowest BCUT2D eigenvalue weighted by Crippen LogP contribution is -2.37. The van der Waals surface area contributed by atoms with Gasteiger partial charge in [0.2, 0.25) is 0 Å². The maximum absolute atomic E-state index is 11.7. The summed E-state index contributed by atoms with van der Waals surface area (Å²) in [5.74, 6) is 0.0757. The lowest BCUT2D eigenvalue weighted by atomic mass is 10.1. The van der Waals surface area contributed by atoms with Crippen molar-refractivity contribution in [3.05, 3.63) is 35.9 Å². The second-order valence-electron chi connectivity index (χ2n) is 4.57. The number of rotatable bonds is 8. The smallest absolute Gasteiger partial charge is 0.407 e. The number of carbonyl (C=O) groups excluding carboxylic acids is 2. The summed E-state index contributed by atoms with van der Waals surface area (Å²) >= 11 is 3.13. The van der Waals surface area contributed by atoms with Gasteiger partial charge in [-0.1, -0.05) is 59.6 Å². The molecule has 4 nitrogen and oxygen atoms in total. The summed E-state index contributed by atoms with van der Waals surface area (Å²) in [6, 6.07) is 9.33. The molecule has 1 aromatic carbocycles. The van der Waals surface area contributed by atoms with Crippen molar-refractivity contribution in [1.29, 1.82) is 0 Å². The standard InChI is InChI=1S/C15H20BrNO3/c1-2-6-13(9-14(18)10-16)17-15(19)20-11-12-7-4-3-5-8-12/h3-5,7-8,13H,2,6,9-11H2,1H3,(H,17,19). The maximum atomic E-state index is 11.7. The van der Waals surface area contributed by atoms with Gasteiger partial charge >= 0.3 is 6.09 Å². The molecule has 20 heavy (non-hydrogen) atoms. The fourth-order valence-corrected chi connectivity index (χ4v) is 2.06. The third-order valence-electron chi connectivity index (χ3n) is 2.79. The molecular weight excluding hydrogens is 322 g/mol. The van der Waals surface area contributed by atoms with Crippen molar-refractivity contribution in [3.8, 4) is 0 Å². The van der Waals surface area contributed by atoms with Crippen LogP contribution in [-0.4, -0.2) is 23.2 Å². The fraction of sp³-hybridized carbons (Fsp3) is 0.467. The zero-order chi connectivity index (χ0) is 14.8. The van der Waals surface area contributed by atoms with E-state index in [4.69, 9.17) is 4.74 Å². The predicted molar refractivity (Wildman–Crippen MR) is 81.9 cm³/mol. The van der Waals surface area contributed by atoms with E-state index in [-0.39, 0.29) is 18.4 Å². The molecule has 0 aliphatic rings. The molecule has 0 aliphatic carbocycles. The minimum atomic E-state index is -0.477. The third-order valence-corrected chi connectivity index (χ3v) is 3.42. The minimum Gasteiger partial charge on any atom is -0.445 e. The number of amides is 1. The Labute approximate surface area is 128 Å². The molecular formula is C15H20BrNO3. The lowest BCUT2D eigenvalue weighted by molar-refractivity contribution is -0.117. The number of ketones is 1. The Bertz CT molecular complexity index is 422. The number of hydrogen-bond acceptors (Lipinski definition) is 3. The van der Waals surface area contributed by atoms with E-state index in [2.05, 4.69) is 21.2 Å². The van der Waals surface area contributed by atoms with Crippen LogP contribution in [0.25, 0.3) is 0 Å². The van der Waals surface area contributed by atoms with E-state index in [0.717, 1.165) is 18.4 Å². The maximum Gasteiger partial charge on any atom is 0.407 e. The van der Waals surface area contributed by atoms with Crippen molar-refractivity contribution in [2.24, 2.45) is 0 Å². The predicted octanol–water partition coefficient (Wildman–Crippen LogP) is 3.44. The SMILES string of the molecule is CCCC(CC(=O)CBr)NC(=O)OCc1ccccc1. The van der Waals surface area contributed by atoms with Gasteiger partial charge in [0.15, 0.2) is 0 Å². The van der Waals surface area contributed by atoms with Gasteiger partial charge in [0.1, 0.15) is 12.4 Å². The van der Waals surface area contributed by atoms with Gasteiger partial charge in [-0.25, -0.2) is 4.79 Å². The molecule has 0 aliphatic heterocycles. The van der Waals surface area contributed by atoms with Crippen LogP contribution in [0.4, 0.5) is 4.79 Å². The van der Waals surface area contributed by atoms with Crippen LogP contribution in [0.3, 0.4) is 0 Å². The lowest BCUT2D eigenvalue weighted by Gasteiger charge is -2.16. The largest absolute Gasteiger partial charge is 0.445 e. The molecule has 1 N–H and O–H groups in total. The van der Waals surface area contributed by atoms with Gasteiger partial charge in [-0.3, -0.25) is 4.79 Å². The molecule has 0 saturated carbocycles. The molecule has 1 amide bonds. The Kier molecular flexibility index (Phi) is 7.95. The van der Waals surface area contributed by atoms with E-state index >= 15 is 0 Å². The molecule has 1 aromatic rings. The third kappa shape index (κ3) is 6.70. The van der Waals surface area contributed by atoms with Crippen LogP contribution in [0.1, 0.15) is 31.7 Å². The Hall–Kier alpha value is -1.36. The van der Waals surface area contributed by atoms with E-state index < -0.39 is 6.09 Å². The molecule has 0 heterocycles. The highest BCUT2D eigenvalue weighted by atomic mass is 79.9. The zero-order valence-corrected chi connectivity index (χ0v) is 13.2. The number of alkyl halides is 1. The Balaban J connectivity index is 2.39. The van der Waals surface area contributed by atoms with Crippen molar-refractivity contribution >= 4 is 27.8 Å². The first-order valence-corrected chi connectivity index (χ1v) is 7.82. The molecule has 0 bridgehead atoms. The number of ether oxygens (including phenoxy) is 1. The van der Waals surface area contributed by atoms with Crippen LogP contribution in [0.15, 0.2) is 30.3 Å². The minimum absolute atomic E-state index is 0.0757. The van der Waals surface area contributed by atoms with Crippen molar-refractivity contribution in [1.82, 2.24) is 5.32 Å². The first-order chi connectivity index (χ1) is 9.65. The van der Waals surface area contributed by atoms with Crippen LogP contribution in [0, 0.1) is 0 Å². The molecule has 0 saturated heterocycles. The quantitative estimate of drug-likeness (QED) is 0.737. The number of hydrogen-bond donors (Lipinski definition) is 1. The normalized spacial score (nSPS) is 11.7. The molecule has 0 spiro atoms. The van der Waals surface area contributed by atoms with Gasteiger partial charge in [0.25, 0.3) is 0 Å². The van der Waals surface area contributed by atoms with Gasteiger partial charge in [-0.05, 0) is 12.0 Å². The van der Waals surface area contributed by atoms with Gasteiger partial charge in [-0.2, -0.15) is 0 Å². The number of carbonyl (C=O) groups is 2. The van der Waals surface area contributed by atoms with E-state index in [1.165, 1.54) is 0 Å². The highest BCUT2D eigenvalue weighted by molar-refractivity contribution is 9.09. The van der Waals surface area contributed by atoms with Gasteiger partial charge in [-0.15, -0.1) is 0 Å². The van der Waals surface area contributed by atoms with Gasteiger partial charge in [0, 0.05) is 12.5 Å². The van der Waals surface area contributed by atoms with Gasteiger partial charge in [0.05, 0.1) is 5.33 Å². The van der Waals surface area contributed by atoms with E-state index in [1.807, 2.05) is 37.3 Å². The van der Waals surface area contributed by atoms with Crippen LogP contribution in [-0.2, 0) is 16.1 Å². The topological polar surface area (TPSA) is 55.4 Å². The summed E-state index contributed by atoms with van der Waals surface area (Å²) in [5, 5.41) is 3.06. The molecule has 1 atom stereocenters. The van der Waals surface area contributed by atoms with E-state index in [1.54, 1.807) is 0 Å².